The van der Waals surface area contributed by atoms with E-state index in [9.17, 15) is 64.9 Å². The number of hydrogen-bond acceptors (Lipinski definition) is 8. The van der Waals surface area contributed by atoms with Crippen molar-refractivity contribution in [2.45, 2.75) is 65.1 Å². The van der Waals surface area contributed by atoms with E-state index >= 15 is 0 Å². The average molecular weight is 653 g/mol. The summed E-state index contributed by atoms with van der Waals surface area (Å²) in [5.74, 6) is -20.1. The Morgan fingerprint density at radius 1 is 0.675 bits per heavy atom. The summed E-state index contributed by atoms with van der Waals surface area (Å²) in [5.41, 5.74) is 0. The van der Waals surface area contributed by atoms with Crippen molar-refractivity contribution in [2.75, 3.05) is 13.2 Å². The number of rotatable bonds is 13. The summed E-state index contributed by atoms with van der Waals surface area (Å²) < 4.78 is 204. The zero-order valence-electron chi connectivity index (χ0n) is 20.2. The summed E-state index contributed by atoms with van der Waals surface area (Å²) in [6.45, 7) is -4.07. The van der Waals surface area contributed by atoms with Crippen LogP contribution in [0.2, 0.25) is 0 Å². The molecule has 2 aromatic carbocycles. The molecule has 0 bridgehead atoms. The number of halogens is 8. The van der Waals surface area contributed by atoms with Crippen LogP contribution in [0.4, 0.5) is 35.1 Å². The zero-order valence-corrected chi connectivity index (χ0v) is 22.6. The molecule has 0 saturated carbocycles. The first-order valence-corrected chi connectivity index (χ1v) is 15.0. The van der Waals surface area contributed by atoms with Crippen LogP contribution in [0.3, 0.4) is 0 Å². The van der Waals surface area contributed by atoms with Gasteiger partial charge in [-0.2, -0.15) is 60.4 Å². The molecule has 0 aliphatic heterocycles. The fourth-order valence-electron chi connectivity index (χ4n) is 3.10. The van der Waals surface area contributed by atoms with Gasteiger partial charge in [-0.15, -0.1) is 0 Å². The molecule has 0 aliphatic rings. The summed E-state index contributed by atoms with van der Waals surface area (Å²) in [4.78, 5) is -5.96. The van der Waals surface area contributed by atoms with Gasteiger partial charge >= 0.3 is 23.7 Å². The van der Waals surface area contributed by atoms with Crippen molar-refractivity contribution in [3.05, 3.63) is 30.3 Å². The van der Waals surface area contributed by atoms with Crippen molar-refractivity contribution in [3.8, 4) is 0 Å². The highest BCUT2D eigenvalue weighted by Gasteiger charge is 2.57. The lowest BCUT2D eigenvalue weighted by Gasteiger charge is -2.26. The third kappa shape index (κ3) is 6.67. The lowest BCUT2D eigenvalue weighted by molar-refractivity contribution is -0.221. The van der Waals surface area contributed by atoms with E-state index in [1.54, 1.807) is 0 Å². The molecule has 1 N–H and O–H groups in total. The number of hydrogen-bond donors (Lipinski definition) is 1. The summed E-state index contributed by atoms with van der Waals surface area (Å²) in [7, 11) is -18.1. The maximum absolute atomic E-state index is 14.0. The molecule has 20 heteroatoms. The van der Waals surface area contributed by atoms with Gasteiger partial charge in [-0.05, 0) is 11.5 Å². The molecule has 9 nitrogen and oxygen atoms in total. The SMILES string of the molecule is CCC(F)(F)C(F)(F)COS(=O)(=O)c1c(S(=O)(=O)O)cc2ccccc2c1S(=O)(=O)OCC(F)(F)C(F)(F)CC. The normalized spacial score (nSPS) is 14.6. The van der Waals surface area contributed by atoms with E-state index in [2.05, 4.69) is 8.37 Å². The van der Waals surface area contributed by atoms with Crippen LogP contribution < -0.4 is 0 Å². The smallest absolute Gasteiger partial charge is 0.282 e. The Bertz CT molecular complexity index is 1590. The van der Waals surface area contributed by atoms with Crippen LogP contribution in [0, 0.1) is 0 Å². The van der Waals surface area contributed by atoms with Gasteiger partial charge in [0.25, 0.3) is 30.4 Å². The first-order valence-electron chi connectivity index (χ1n) is 10.7. The van der Waals surface area contributed by atoms with Gasteiger partial charge in [0.05, 0.1) is 0 Å². The highest BCUT2D eigenvalue weighted by molar-refractivity contribution is 7.91. The molecule has 0 spiro atoms. The Kier molecular flexibility index (Phi) is 9.31. The molecule has 0 unspecified atom stereocenters. The number of alkyl halides is 8. The Balaban J connectivity index is 2.88. The van der Waals surface area contributed by atoms with Crippen LogP contribution in [0.25, 0.3) is 10.8 Å². The van der Waals surface area contributed by atoms with Gasteiger partial charge in [0, 0.05) is 18.2 Å². The first-order chi connectivity index (χ1) is 17.9. The predicted octanol–water partition coefficient (Wildman–Crippen LogP) is 4.86. The van der Waals surface area contributed by atoms with Crippen LogP contribution in [0.5, 0.6) is 0 Å². The van der Waals surface area contributed by atoms with Gasteiger partial charge in [0.15, 0.2) is 0 Å². The maximum Gasteiger partial charge on any atom is 0.334 e. The van der Waals surface area contributed by atoms with E-state index in [4.69, 9.17) is 0 Å². The number of fused-ring (bicyclic) bond motifs is 1. The second kappa shape index (κ2) is 10.9. The molecule has 0 amide bonds. The van der Waals surface area contributed by atoms with E-state index in [1.807, 2.05) is 0 Å². The van der Waals surface area contributed by atoms with Crippen molar-refractivity contribution in [3.63, 3.8) is 0 Å². The van der Waals surface area contributed by atoms with Crippen molar-refractivity contribution in [1.82, 2.24) is 0 Å². The topological polar surface area (TPSA) is 141 Å². The first kappa shape index (κ1) is 34.1. The molecular weight excluding hydrogens is 632 g/mol. The third-order valence-electron chi connectivity index (χ3n) is 5.45. The summed E-state index contributed by atoms with van der Waals surface area (Å²) in [6, 6.07) is 4.12. The van der Waals surface area contributed by atoms with Crippen molar-refractivity contribution >= 4 is 41.1 Å². The second-order valence-corrected chi connectivity index (χ2v) is 12.7. The monoisotopic (exact) mass is 652 g/mol. The molecule has 0 saturated heterocycles. The van der Waals surface area contributed by atoms with Crippen LogP contribution in [0.1, 0.15) is 26.7 Å². The predicted molar refractivity (Wildman–Crippen MR) is 120 cm³/mol. The molecule has 2 rings (SSSR count). The Morgan fingerprint density at radius 3 is 1.48 bits per heavy atom. The summed E-state index contributed by atoms with van der Waals surface area (Å²) >= 11 is 0. The molecule has 0 radical (unpaired) electrons. The average Bonchev–Trinajstić information content (AvgIpc) is 2.84. The van der Waals surface area contributed by atoms with Gasteiger partial charge in [0.1, 0.15) is 27.9 Å². The Hall–Kier alpha value is -2.13. The van der Waals surface area contributed by atoms with Crippen molar-refractivity contribution in [1.29, 1.82) is 0 Å². The van der Waals surface area contributed by atoms with Crippen molar-refractivity contribution < 1.29 is 73.3 Å². The van der Waals surface area contributed by atoms with Crippen molar-refractivity contribution in [2.24, 2.45) is 0 Å². The quantitative estimate of drug-likeness (QED) is 0.183. The highest BCUT2D eigenvalue weighted by atomic mass is 32.2. The third-order valence-corrected chi connectivity index (χ3v) is 9.29. The number of benzene rings is 2. The fourth-order valence-corrected chi connectivity index (χ4v) is 7.28. The van der Waals surface area contributed by atoms with Crippen LogP contribution in [0.15, 0.2) is 45.0 Å². The van der Waals surface area contributed by atoms with E-state index in [0.717, 1.165) is 24.3 Å². The zero-order chi connectivity index (χ0) is 31.2. The molecule has 0 aliphatic carbocycles. The second-order valence-electron chi connectivity index (χ2n) is 8.19. The van der Waals surface area contributed by atoms with Crippen LogP contribution >= 0.6 is 0 Å². The standard InChI is InChI=1S/C20H20F8O9S3/c1-3-17(21,22)19(25,26)10-36-39(32,33)15-13-8-6-5-7-12(13)9-14(38(29,30)31)16(15)40(34,35)37-11-20(27,28)18(23,24)4-2/h5-9H,3-4,10-11H2,1-2H3,(H,29,30,31). The summed E-state index contributed by atoms with van der Waals surface area (Å²) in [6.07, 6.45) is -3.03. The van der Waals surface area contributed by atoms with Gasteiger partial charge < -0.3 is 0 Å². The molecule has 228 valence electrons. The van der Waals surface area contributed by atoms with Gasteiger partial charge in [-0.1, -0.05) is 38.1 Å². The highest BCUT2D eigenvalue weighted by Crippen LogP contribution is 2.42. The molecular formula is C20H20F8O9S3. The maximum atomic E-state index is 14.0. The van der Waals surface area contributed by atoms with Gasteiger partial charge in [-0.25, -0.2) is 0 Å². The van der Waals surface area contributed by atoms with E-state index < -0.39 is 106 Å². The lowest BCUT2D eigenvalue weighted by Crippen LogP contribution is -2.44. The van der Waals surface area contributed by atoms with Gasteiger partial charge in [-0.3, -0.25) is 12.9 Å². The molecule has 0 heterocycles. The minimum absolute atomic E-state index is 0.318. The molecule has 0 fully saturated rings. The molecule has 0 atom stereocenters. The fraction of sp³-hybridized carbons (Fsp3) is 0.500. The molecule has 40 heavy (non-hydrogen) atoms. The van der Waals surface area contributed by atoms with Gasteiger partial charge in [0.2, 0.25) is 0 Å². The van der Waals surface area contributed by atoms with Crippen LogP contribution in [-0.4, -0.2) is 66.7 Å². The largest absolute Gasteiger partial charge is 0.334 e. The minimum atomic E-state index is -6.22. The minimum Gasteiger partial charge on any atom is -0.282 e. The van der Waals surface area contributed by atoms with Crippen LogP contribution in [-0.2, 0) is 38.7 Å². The lowest BCUT2D eigenvalue weighted by atomic mass is 10.1. The molecule has 0 aromatic heterocycles. The molecule has 2 aromatic rings. The van der Waals surface area contributed by atoms with E-state index in [1.165, 1.54) is 0 Å². The summed E-state index contributed by atoms with van der Waals surface area (Å²) in [5, 5.41) is -1.38. The van der Waals surface area contributed by atoms with E-state index in [-0.39, 0.29) is 0 Å². The van der Waals surface area contributed by atoms with E-state index in [0.29, 0.717) is 19.9 Å². The Labute approximate surface area is 223 Å². The Morgan fingerprint density at radius 2 is 1.07 bits per heavy atom.